The normalized spacial score (nSPS) is 14.8. The Labute approximate surface area is 85.3 Å². The SMILES string of the molecule is C=CC(C)NC(C)c1nccnc1C. The Kier molecular flexibility index (Phi) is 3.77. The quantitative estimate of drug-likeness (QED) is 0.740. The fraction of sp³-hybridized carbons (Fsp3) is 0.455. The van der Waals surface area contributed by atoms with Crippen LogP contribution in [0, 0.1) is 6.92 Å². The first kappa shape index (κ1) is 10.9. The summed E-state index contributed by atoms with van der Waals surface area (Å²) in [6, 6.07) is 0.489. The van der Waals surface area contributed by atoms with Gasteiger partial charge in [-0.1, -0.05) is 6.08 Å². The van der Waals surface area contributed by atoms with E-state index in [1.54, 1.807) is 12.4 Å². The third-order valence-electron chi connectivity index (χ3n) is 2.20. The van der Waals surface area contributed by atoms with Crippen molar-refractivity contribution in [2.45, 2.75) is 32.9 Å². The van der Waals surface area contributed by atoms with Crippen LogP contribution in [0.15, 0.2) is 25.0 Å². The molecule has 1 rings (SSSR count). The summed E-state index contributed by atoms with van der Waals surface area (Å²) in [6.07, 6.45) is 5.31. The summed E-state index contributed by atoms with van der Waals surface area (Å²) in [5, 5.41) is 3.37. The Morgan fingerprint density at radius 3 is 2.57 bits per heavy atom. The fourth-order valence-corrected chi connectivity index (χ4v) is 1.38. The molecule has 0 amide bonds. The lowest BCUT2D eigenvalue weighted by Crippen LogP contribution is -2.28. The molecule has 1 heterocycles. The van der Waals surface area contributed by atoms with Gasteiger partial charge in [-0.05, 0) is 20.8 Å². The van der Waals surface area contributed by atoms with Crippen molar-refractivity contribution in [2.75, 3.05) is 0 Å². The molecule has 0 saturated heterocycles. The Morgan fingerprint density at radius 1 is 1.36 bits per heavy atom. The van der Waals surface area contributed by atoms with Crippen molar-refractivity contribution in [2.24, 2.45) is 0 Å². The average Bonchev–Trinajstić information content (AvgIpc) is 2.18. The maximum Gasteiger partial charge on any atom is 0.0782 e. The summed E-state index contributed by atoms with van der Waals surface area (Å²) in [5.74, 6) is 0. The van der Waals surface area contributed by atoms with Gasteiger partial charge >= 0.3 is 0 Å². The summed E-state index contributed by atoms with van der Waals surface area (Å²) in [7, 11) is 0. The van der Waals surface area contributed by atoms with Gasteiger partial charge in [0.2, 0.25) is 0 Å². The number of hydrogen-bond donors (Lipinski definition) is 1. The van der Waals surface area contributed by atoms with E-state index >= 15 is 0 Å². The van der Waals surface area contributed by atoms with Crippen LogP contribution >= 0.6 is 0 Å². The summed E-state index contributed by atoms with van der Waals surface area (Å²) in [6.45, 7) is 9.85. The monoisotopic (exact) mass is 191 g/mol. The molecule has 2 atom stereocenters. The summed E-state index contributed by atoms with van der Waals surface area (Å²) >= 11 is 0. The molecule has 76 valence electrons. The second-order valence-corrected chi connectivity index (χ2v) is 3.44. The molecule has 0 aliphatic rings. The van der Waals surface area contributed by atoms with Crippen molar-refractivity contribution >= 4 is 0 Å². The van der Waals surface area contributed by atoms with Gasteiger partial charge in [-0.3, -0.25) is 9.97 Å². The van der Waals surface area contributed by atoms with Crippen LogP contribution in [-0.2, 0) is 0 Å². The minimum Gasteiger partial charge on any atom is -0.303 e. The molecule has 0 aliphatic heterocycles. The molecule has 0 fully saturated rings. The van der Waals surface area contributed by atoms with Gasteiger partial charge in [0, 0.05) is 24.5 Å². The molecule has 0 radical (unpaired) electrons. The second-order valence-electron chi connectivity index (χ2n) is 3.44. The first-order valence-electron chi connectivity index (χ1n) is 4.81. The highest BCUT2D eigenvalue weighted by Gasteiger charge is 2.11. The van der Waals surface area contributed by atoms with Crippen molar-refractivity contribution in [3.8, 4) is 0 Å². The molecule has 14 heavy (non-hydrogen) atoms. The lowest BCUT2D eigenvalue weighted by molar-refractivity contribution is 0.522. The topological polar surface area (TPSA) is 37.8 Å². The molecule has 0 spiro atoms. The lowest BCUT2D eigenvalue weighted by atomic mass is 10.1. The van der Waals surface area contributed by atoms with Gasteiger partial charge < -0.3 is 5.32 Å². The van der Waals surface area contributed by atoms with Gasteiger partial charge in [0.05, 0.1) is 11.4 Å². The second kappa shape index (κ2) is 4.86. The zero-order valence-electron chi connectivity index (χ0n) is 8.99. The average molecular weight is 191 g/mol. The third kappa shape index (κ3) is 2.64. The number of aromatic nitrogens is 2. The molecule has 0 aliphatic carbocycles. The van der Waals surface area contributed by atoms with E-state index in [1.165, 1.54) is 0 Å². The largest absolute Gasteiger partial charge is 0.303 e. The first-order valence-corrected chi connectivity index (χ1v) is 4.81. The zero-order chi connectivity index (χ0) is 10.6. The number of nitrogens with one attached hydrogen (secondary N) is 1. The molecule has 1 N–H and O–H groups in total. The zero-order valence-corrected chi connectivity index (χ0v) is 8.99. The van der Waals surface area contributed by atoms with Crippen LogP contribution in [0.3, 0.4) is 0 Å². The predicted molar refractivity (Wildman–Crippen MR) is 58.0 cm³/mol. The number of aryl methyl sites for hydroxylation is 1. The van der Waals surface area contributed by atoms with E-state index in [0.717, 1.165) is 11.4 Å². The van der Waals surface area contributed by atoms with E-state index in [4.69, 9.17) is 0 Å². The molecular weight excluding hydrogens is 174 g/mol. The van der Waals surface area contributed by atoms with Gasteiger partial charge in [-0.2, -0.15) is 0 Å². The summed E-state index contributed by atoms with van der Waals surface area (Å²) < 4.78 is 0. The molecular formula is C11H17N3. The van der Waals surface area contributed by atoms with Gasteiger partial charge in [-0.15, -0.1) is 6.58 Å². The maximum atomic E-state index is 4.31. The van der Waals surface area contributed by atoms with Crippen LogP contribution in [0.25, 0.3) is 0 Å². The maximum absolute atomic E-state index is 4.31. The predicted octanol–water partition coefficient (Wildman–Crippen LogP) is 2.01. The molecule has 1 aromatic rings. The minimum atomic E-state index is 0.205. The fourth-order valence-electron chi connectivity index (χ4n) is 1.38. The van der Waals surface area contributed by atoms with Gasteiger partial charge in [0.25, 0.3) is 0 Å². The van der Waals surface area contributed by atoms with E-state index in [1.807, 2.05) is 13.0 Å². The van der Waals surface area contributed by atoms with Crippen molar-refractivity contribution in [1.82, 2.24) is 15.3 Å². The van der Waals surface area contributed by atoms with Crippen LogP contribution in [0.2, 0.25) is 0 Å². The highest BCUT2D eigenvalue weighted by Crippen LogP contribution is 2.12. The molecule has 3 nitrogen and oxygen atoms in total. The van der Waals surface area contributed by atoms with Gasteiger partial charge in [0.1, 0.15) is 0 Å². The van der Waals surface area contributed by atoms with E-state index in [-0.39, 0.29) is 12.1 Å². The van der Waals surface area contributed by atoms with Crippen LogP contribution in [0.1, 0.15) is 31.3 Å². The van der Waals surface area contributed by atoms with Crippen molar-refractivity contribution in [1.29, 1.82) is 0 Å². The minimum absolute atomic E-state index is 0.205. The van der Waals surface area contributed by atoms with Crippen LogP contribution in [0.4, 0.5) is 0 Å². The molecule has 0 bridgehead atoms. The van der Waals surface area contributed by atoms with Gasteiger partial charge in [-0.25, -0.2) is 0 Å². The van der Waals surface area contributed by atoms with Crippen molar-refractivity contribution < 1.29 is 0 Å². The standard InChI is InChI=1S/C11H17N3/c1-5-8(2)14-10(4)11-9(3)12-6-7-13-11/h5-8,10,14H,1H2,2-4H3. The molecule has 2 unspecified atom stereocenters. The van der Waals surface area contributed by atoms with Crippen LogP contribution < -0.4 is 5.32 Å². The Bertz CT molecular complexity index is 309. The smallest absolute Gasteiger partial charge is 0.0782 e. The number of rotatable bonds is 4. The van der Waals surface area contributed by atoms with E-state index in [2.05, 4.69) is 35.7 Å². The summed E-state index contributed by atoms with van der Waals surface area (Å²) in [4.78, 5) is 8.51. The van der Waals surface area contributed by atoms with E-state index in [9.17, 15) is 0 Å². The lowest BCUT2D eigenvalue weighted by Gasteiger charge is -2.17. The Hall–Kier alpha value is -1.22. The molecule has 3 heteroatoms. The van der Waals surface area contributed by atoms with Crippen LogP contribution in [-0.4, -0.2) is 16.0 Å². The molecule has 0 aromatic carbocycles. The highest BCUT2D eigenvalue weighted by atomic mass is 15.0. The Morgan fingerprint density at radius 2 is 2.00 bits per heavy atom. The molecule has 1 aromatic heterocycles. The highest BCUT2D eigenvalue weighted by molar-refractivity contribution is 5.12. The third-order valence-corrected chi connectivity index (χ3v) is 2.20. The first-order chi connectivity index (χ1) is 6.65. The molecule has 0 saturated carbocycles. The van der Waals surface area contributed by atoms with E-state index < -0.39 is 0 Å². The van der Waals surface area contributed by atoms with Gasteiger partial charge in [0.15, 0.2) is 0 Å². The van der Waals surface area contributed by atoms with Crippen molar-refractivity contribution in [3.63, 3.8) is 0 Å². The number of nitrogens with zero attached hydrogens (tertiary/aromatic N) is 2. The number of hydrogen-bond acceptors (Lipinski definition) is 3. The van der Waals surface area contributed by atoms with Crippen molar-refractivity contribution in [3.05, 3.63) is 36.4 Å². The van der Waals surface area contributed by atoms with E-state index in [0.29, 0.717) is 0 Å². The summed E-state index contributed by atoms with van der Waals surface area (Å²) in [5.41, 5.74) is 1.98. The Balaban J connectivity index is 2.74. The van der Waals surface area contributed by atoms with Crippen LogP contribution in [0.5, 0.6) is 0 Å².